The number of hydrogen-bond donors (Lipinski definition) is 1. The van der Waals surface area contributed by atoms with Crippen molar-refractivity contribution in [1.29, 1.82) is 0 Å². The van der Waals surface area contributed by atoms with Gasteiger partial charge in [0.15, 0.2) is 11.0 Å². The minimum atomic E-state index is 0.136. The largest absolute Gasteiger partial charge is 0.349 e. The predicted octanol–water partition coefficient (Wildman–Crippen LogP) is 1.92. The fourth-order valence-electron chi connectivity index (χ4n) is 2.23. The van der Waals surface area contributed by atoms with E-state index in [9.17, 15) is 4.79 Å². The second-order valence-corrected chi connectivity index (χ2v) is 6.36. The highest BCUT2D eigenvalue weighted by Crippen LogP contribution is 2.26. The quantitative estimate of drug-likeness (QED) is 0.824. The summed E-state index contributed by atoms with van der Waals surface area (Å²) in [4.78, 5) is 16.1. The Hall–Kier alpha value is -1.89. The molecule has 0 radical (unpaired) electrons. The maximum absolute atomic E-state index is 11.8. The van der Waals surface area contributed by atoms with Gasteiger partial charge in [0.2, 0.25) is 5.91 Å². The van der Waals surface area contributed by atoms with Crippen molar-refractivity contribution in [2.75, 3.05) is 0 Å². The highest BCUT2D eigenvalue weighted by molar-refractivity contribution is 7.98. The molecule has 2 heterocycles. The third-order valence-corrected chi connectivity index (χ3v) is 4.95. The smallest absolute Gasteiger partial charge is 0.223 e. The second-order valence-electron chi connectivity index (χ2n) is 5.41. The molecule has 0 unspecified atom stereocenters. The minimum Gasteiger partial charge on any atom is -0.349 e. The molecule has 3 rings (SSSR count). The van der Waals surface area contributed by atoms with Gasteiger partial charge in [0.05, 0.1) is 12.2 Å². The highest BCUT2D eigenvalue weighted by atomic mass is 32.2. The molecule has 22 heavy (non-hydrogen) atoms. The average Bonchev–Trinajstić information content (AvgIpc) is 2.83. The number of amides is 1. The molecule has 2 aromatic heterocycles. The summed E-state index contributed by atoms with van der Waals surface area (Å²) in [5, 5.41) is 12.1. The Morgan fingerprint density at radius 3 is 2.95 bits per heavy atom. The molecule has 2 aromatic rings. The Balaban J connectivity index is 1.53. The summed E-state index contributed by atoms with van der Waals surface area (Å²) < 4.78 is 1.93. The molecule has 6 nitrogen and oxygen atoms in total. The van der Waals surface area contributed by atoms with Gasteiger partial charge in [-0.1, -0.05) is 24.2 Å². The molecule has 0 bridgehead atoms. The lowest BCUT2D eigenvalue weighted by molar-refractivity contribution is -0.127. The Kier molecular flexibility index (Phi) is 4.72. The van der Waals surface area contributed by atoms with Crippen molar-refractivity contribution in [3.63, 3.8) is 0 Å². The molecule has 1 amide bonds. The Bertz CT molecular complexity index is 639. The van der Waals surface area contributed by atoms with Crippen molar-refractivity contribution in [2.24, 2.45) is 13.0 Å². The van der Waals surface area contributed by atoms with E-state index in [1.807, 2.05) is 29.8 Å². The van der Waals surface area contributed by atoms with E-state index in [0.29, 0.717) is 6.54 Å². The number of aromatic nitrogens is 4. The molecule has 1 saturated carbocycles. The van der Waals surface area contributed by atoms with Crippen LogP contribution in [0.15, 0.2) is 29.6 Å². The Morgan fingerprint density at radius 2 is 2.27 bits per heavy atom. The van der Waals surface area contributed by atoms with Gasteiger partial charge in [-0.3, -0.25) is 9.78 Å². The van der Waals surface area contributed by atoms with E-state index in [1.54, 1.807) is 18.0 Å². The standard InChI is InChI=1S/C15H19N5OS/c1-20-13(9-17-14(21)11-5-4-6-11)18-19-15(20)22-10-12-7-2-3-8-16-12/h2-3,7-8,11H,4-6,9-10H2,1H3,(H,17,21). The molecule has 7 heteroatoms. The molecule has 0 aromatic carbocycles. The van der Waals surface area contributed by atoms with Crippen LogP contribution in [-0.4, -0.2) is 25.7 Å². The summed E-state index contributed by atoms with van der Waals surface area (Å²) in [5.41, 5.74) is 1.01. The van der Waals surface area contributed by atoms with Crippen molar-refractivity contribution in [1.82, 2.24) is 25.1 Å². The molecule has 0 spiro atoms. The van der Waals surface area contributed by atoms with E-state index >= 15 is 0 Å². The molecular formula is C15H19N5OS. The topological polar surface area (TPSA) is 72.7 Å². The van der Waals surface area contributed by atoms with Crippen LogP contribution < -0.4 is 5.32 Å². The molecule has 1 aliphatic carbocycles. The van der Waals surface area contributed by atoms with E-state index in [1.165, 1.54) is 0 Å². The first-order chi connectivity index (χ1) is 10.7. The molecule has 0 saturated heterocycles. The Labute approximate surface area is 133 Å². The lowest BCUT2D eigenvalue weighted by Crippen LogP contribution is -2.34. The zero-order valence-corrected chi connectivity index (χ0v) is 13.3. The van der Waals surface area contributed by atoms with Crippen LogP contribution in [0.4, 0.5) is 0 Å². The van der Waals surface area contributed by atoms with Crippen LogP contribution in [0.3, 0.4) is 0 Å². The van der Waals surface area contributed by atoms with Crippen LogP contribution in [0.25, 0.3) is 0 Å². The molecule has 1 fully saturated rings. The summed E-state index contributed by atoms with van der Waals surface area (Å²) in [7, 11) is 1.92. The summed E-state index contributed by atoms with van der Waals surface area (Å²) in [6, 6.07) is 5.86. The summed E-state index contributed by atoms with van der Waals surface area (Å²) in [6.07, 6.45) is 4.97. The van der Waals surface area contributed by atoms with Gasteiger partial charge in [-0.2, -0.15) is 0 Å². The van der Waals surface area contributed by atoms with Crippen molar-refractivity contribution < 1.29 is 4.79 Å². The van der Waals surface area contributed by atoms with Crippen LogP contribution >= 0.6 is 11.8 Å². The van der Waals surface area contributed by atoms with Crippen LogP contribution in [-0.2, 0) is 24.1 Å². The number of nitrogens with one attached hydrogen (secondary N) is 1. The normalized spacial score (nSPS) is 14.6. The lowest BCUT2D eigenvalue weighted by atomic mass is 9.85. The second kappa shape index (κ2) is 6.91. The summed E-state index contributed by atoms with van der Waals surface area (Å²) in [5.74, 6) is 1.86. The van der Waals surface area contributed by atoms with E-state index in [0.717, 1.165) is 41.7 Å². The number of nitrogens with zero attached hydrogens (tertiary/aromatic N) is 4. The van der Waals surface area contributed by atoms with Crippen molar-refractivity contribution in [3.05, 3.63) is 35.9 Å². The van der Waals surface area contributed by atoms with Gasteiger partial charge in [-0.15, -0.1) is 10.2 Å². The SMILES string of the molecule is Cn1c(CNC(=O)C2CCC2)nnc1SCc1ccccn1. The van der Waals surface area contributed by atoms with Gasteiger partial charge in [0.1, 0.15) is 0 Å². The molecule has 0 atom stereocenters. The van der Waals surface area contributed by atoms with Crippen LogP contribution in [0.1, 0.15) is 30.8 Å². The van der Waals surface area contributed by atoms with Gasteiger partial charge in [0, 0.05) is 24.9 Å². The maximum atomic E-state index is 11.8. The van der Waals surface area contributed by atoms with E-state index in [4.69, 9.17) is 0 Å². The average molecular weight is 317 g/mol. The third kappa shape index (κ3) is 3.47. The first kappa shape index (κ1) is 15.0. The van der Waals surface area contributed by atoms with Gasteiger partial charge in [-0.25, -0.2) is 0 Å². The van der Waals surface area contributed by atoms with Gasteiger partial charge >= 0.3 is 0 Å². The molecule has 1 N–H and O–H groups in total. The van der Waals surface area contributed by atoms with E-state index in [2.05, 4.69) is 20.5 Å². The maximum Gasteiger partial charge on any atom is 0.223 e. The van der Waals surface area contributed by atoms with Crippen molar-refractivity contribution in [2.45, 2.75) is 36.7 Å². The highest BCUT2D eigenvalue weighted by Gasteiger charge is 2.25. The van der Waals surface area contributed by atoms with Gasteiger partial charge < -0.3 is 9.88 Å². The van der Waals surface area contributed by atoms with E-state index in [-0.39, 0.29) is 11.8 Å². The van der Waals surface area contributed by atoms with Crippen LogP contribution in [0.5, 0.6) is 0 Å². The zero-order chi connectivity index (χ0) is 15.4. The number of pyridine rings is 1. The number of hydrogen-bond acceptors (Lipinski definition) is 5. The van der Waals surface area contributed by atoms with Gasteiger partial charge in [-0.05, 0) is 25.0 Å². The summed E-state index contributed by atoms with van der Waals surface area (Å²) in [6.45, 7) is 0.434. The Morgan fingerprint density at radius 1 is 1.41 bits per heavy atom. The van der Waals surface area contributed by atoms with Gasteiger partial charge in [0.25, 0.3) is 0 Å². The molecule has 1 aliphatic rings. The predicted molar refractivity (Wildman–Crippen MR) is 84.0 cm³/mol. The number of rotatable bonds is 6. The number of thioether (sulfide) groups is 1. The first-order valence-corrected chi connectivity index (χ1v) is 8.41. The monoisotopic (exact) mass is 317 g/mol. The van der Waals surface area contributed by atoms with Crippen LogP contribution in [0.2, 0.25) is 0 Å². The van der Waals surface area contributed by atoms with E-state index < -0.39 is 0 Å². The third-order valence-electron chi connectivity index (χ3n) is 3.90. The summed E-state index contributed by atoms with van der Waals surface area (Å²) >= 11 is 1.59. The molecular weight excluding hydrogens is 298 g/mol. The van der Waals surface area contributed by atoms with Crippen molar-refractivity contribution in [3.8, 4) is 0 Å². The fourth-order valence-corrected chi connectivity index (χ4v) is 3.07. The van der Waals surface area contributed by atoms with Crippen molar-refractivity contribution >= 4 is 17.7 Å². The zero-order valence-electron chi connectivity index (χ0n) is 12.5. The molecule has 116 valence electrons. The number of carbonyl (C=O) groups excluding carboxylic acids is 1. The lowest BCUT2D eigenvalue weighted by Gasteiger charge is -2.23. The fraction of sp³-hybridized carbons (Fsp3) is 0.467. The minimum absolute atomic E-state index is 0.136. The number of carbonyl (C=O) groups is 1. The van der Waals surface area contributed by atoms with Crippen LogP contribution in [0, 0.1) is 5.92 Å². The molecule has 0 aliphatic heterocycles. The first-order valence-electron chi connectivity index (χ1n) is 7.42.